The quantitative estimate of drug-likeness (QED) is 0.453. The molecule has 56 valence electrons. The Kier molecular flexibility index (Phi) is 8.45. The summed E-state index contributed by atoms with van der Waals surface area (Å²) in [6.07, 6.45) is 0. The molecule has 0 aromatic heterocycles. The average Bonchev–Trinajstić information content (AvgIpc) is 1.88. The van der Waals surface area contributed by atoms with Gasteiger partial charge in [-0.2, -0.15) is 0 Å². The third-order valence-electron chi connectivity index (χ3n) is 1.08. The summed E-state index contributed by atoms with van der Waals surface area (Å²) in [5, 5.41) is 18.9. The van der Waals surface area contributed by atoms with Crippen molar-refractivity contribution in [2.75, 3.05) is 0 Å². The molecule has 0 saturated carbocycles. The van der Waals surface area contributed by atoms with Gasteiger partial charge < -0.3 is 5.11 Å². The number of aromatic hydroxyl groups is 1. The Morgan fingerprint density at radius 3 is 2.17 bits per heavy atom. The van der Waals surface area contributed by atoms with Gasteiger partial charge in [-0.15, -0.1) is 0 Å². The second-order valence-electron chi connectivity index (χ2n) is 1.75. The first kappa shape index (κ1) is 14.9. The van der Waals surface area contributed by atoms with Crippen LogP contribution in [-0.2, 0) is 27.7 Å². The van der Waals surface area contributed by atoms with E-state index in [1.54, 1.807) is 0 Å². The van der Waals surface area contributed by atoms with Crippen molar-refractivity contribution in [3.8, 4) is 5.75 Å². The van der Waals surface area contributed by atoms with Crippen LogP contribution >= 0.6 is 0 Å². The molecule has 0 saturated heterocycles. The molecule has 0 fully saturated rings. The summed E-state index contributed by atoms with van der Waals surface area (Å²) < 4.78 is 0. The summed E-state index contributed by atoms with van der Waals surface area (Å²) in [6.45, 7) is 0. The van der Waals surface area contributed by atoms with Gasteiger partial charge in [0.15, 0.2) is 5.75 Å². The van der Waals surface area contributed by atoms with Gasteiger partial charge in [0, 0.05) is 33.7 Å². The van der Waals surface area contributed by atoms with Crippen LogP contribution in [0.2, 0.25) is 0 Å². The van der Waals surface area contributed by atoms with Crippen LogP contribution in [-0.4, -0.2) is 39.6 Å². The van der Waals surface area contributed by atoms with E-state index in [1.807, 2.05) is 0 Å². The molecule has 1 rings (SSSR count). The Hall–Kier alpha value is 0.355. The molecule has 12 heavy (non-hydrogen) atoms. The van der Waals surface area contributed by atoms with Crippen LogP contribution in [0, 0.1) is 10.1 Å². The van der Waals surface area contributed by atoms with Crippen molar-refractivity contribution in [2.24, 2.45) is 0 Å². The second-order valence-corrected chi connectivity index (χ2v) is 1.75. The van der Waals surface area contributed by atoms with Crippen molar-refractivity contribution < 1.29 is 37.7 Å². The van der Waals surface area contributed by atoms with Gasteiger partial charge in [-0.05, 0) is 6.07 Å². The van der Waals surface area contributed by atoms with E-state index in [1.165, 1.54) is 24.3 Å². The van der Waals surface area contributed by atoms with Crippen molar-refractivity contribution in [1.29, 1.82) is 0 Å². The van der Waals surface area contributed by atoms with E-state index in [-0.39, 0.29) is 68.7 Å². The van der Waals surface area contributed by atoms with E-state index < -0.39 is 4.92 Å². The Morgan fingerprint density at radius 2 is 1.83 bits per heavy atom. The van der Waals surface area contributed by atoms with E-state index in [0.29, 0.717) is 0 Å². The molecule has 0 atom stereocenters. The molecule has 0 aliphatic rings. The topological polar surface area (TPSA) is 63.4 Å². The molecule has 0 aliphatic heterocycles. The third kappa shape index (κ3) is 3.84. The molecule has 1 N–H and O–H groups in total. The van der Waals surface area contributed by atoms with Crippen molar-refractivity contribution in [2.45, 2.75) is 0 Å². The van der Waals surface area contributed by atoms with Gasteiger partial charge in [0.2, 0.25) is 0 Å². The molecule has 1 aromatic rings. The van der Waals surface area contributed by atoms with E-state index in [4.69, 9.17) is 5.11 Å². The van der Waals surface area contributed by atoms with E-state index in [2.05, 4.69) is 0 Å². The number of nitro benzene ring substituents is 1. The first-order valence-corrected chi connectivity index (χ1v) is 2.64. The third-order valence-corrected chi connectivity index (χ3v) is 1.08. The molecule has 0 radical (unpaired) electrons. The van der Waals surface area contributed by atoms with Crippen LogP contribution in [0.4, 0.5) is 5.69 Å². The van der Waals surface area contributed by atoms with Crippen LogP contribution in [0.25, 0.3) is 0 Å². The molecular formula is C6H6HgNNaO3. The Bertz CT molecular complexity index is 269. The first-order chi connectivity index (χ1) is 4.72. The second kappa shape index (κ2) is 6.83. The van der Waals surface area contributed by atoms with Crippen molar-refractivity contribution in [1.82, 2.24) is 0 Å². The molecule has 4 nitrogen and oxygen atoms in total. The molecular weight excluding hydrogens is 358 g/mol. The van der Waals surface area contributed by atoms with Crippen LogP contribution in [0.5, 0.6) is 5.75 Å². The van der Waals surface area contributed by atoms with E-state index >= 15 is 0 Å². The minimum atomic E-state index is -0.630. The number of benzene rings is 1. The number of hydrogen-bond donors (Lipinski definition) is 1. The fraction of sp³-hybridized carbons (Fsp3) is 0. The summed E-state index contributed by atoms with van der Waals surface area (Å²) in [7, 11) is 0. The zero-order valence-electron chi connectivity index (χ0n) is 5.73. The molecule has 0 unspecified atom stereocenters. The number of rotatable bonds is 1. The van der Waals surface area contributed by atoms with E-state index in [0.717, 1.165) is 0 Å². The van der Waals surface area contributed by atoms with Gasteiger partial charge in [0.1, 0.15) is 0 Å². The monoisotopic (exact) mass is 365 g/mol. The van der Waals surface area contributed by atoms with Crippen LogP contribution in [0.15, 0.2) is 24.3 Å². The fourth-order valence-corrected chi connectivity index (χ4v) is 0.619. The number of phenolic OH excluding ortho intramolecular Hbond substituents is 1. The summed E-state index contributed by atoms with van der Waals surface area (Å²) in [4.78, 5) is 9.44. The summed E-state index contributed by atoms with van der Waals surface area (Å²) in [6, 6.07) is 5.55. The van der Waals surface area contributed by atoms with E-state index in [9.17, 15) is 10.1 Å². The predicted molar refractivity (Wildman–Crippen MR) is 41.9 cm³/mol. The van der Waals surface area contributed by atoms with Crippen molar-refractivity contribution in [3.05, 3.63) is 34.4 Å². The summed E-state index contributed by atoms with van der Waals surface area (Å²) in [5.41, 5.74) is -0.262. The molecule has 0 amide bonds. The SMILES string of the molecule is O=[N+]([O-])c1ccccc1O.[Hg].[NaH]. The molecule has 0 heterocycles. The number of nitro groups is 1. The standard InChI is InChI=1S/C6H5NO3.Hg.Na.H/c8-6-4-2-1-3-5(6)7(9)10;;;/h1-4,8H;;;. The predicted octanol–water partition coefficient (Wildman–Crippen LogP) is 0.649. The number of nitrogens with zero attached hydrogens (tertiary/aromatic N) is 1. The van der Waals surface area contributed by atoms with Crippen molar-refractivity contribution in [3.63, 3.8) is 0 Å². The van der Waals surface area contributed by atoms with Gasteiger partial charge in [0.05, 0.1) is 4.92 Å². The van der Waals surface area contributed by atoms with Gasteiger partial charge >= 0.3 is 35.2 Å². The van der Waals surface area contributed by atoms with Crippen LogP contribution in [0.3, 0.4) is 0 Å². The maximum atomic E-state index is 10.1. The van der Waals surface area contributed by atoms with Crippen molar-refractivity contribution >= 4 is 35.2 Å². The normalized spacial score (nSPS) is 7.67. The first-order valence-electron chi connectivity index (χ1n) is 2.64. The average molecular weight is 364 g/mol. The van der Waals surface area contributed by atoms with Gasteiger partial charge in [-0.1, -0.05) is 12.1 Å². The minimum absolute atomic E-state index is 0. The molecule has 6 heteroatoms. The number of para-hydroxylation sites is 2. The maximum absolute atomic E-state index is 10.1. The molecule has 0 bridgehead atoms. The molecule has 0 aliphatic carbocycles. The fourth-order valence-electron chi connectivity index (χ4n) is 0.619. The zero-order valence-corrected chi connectivity index (χ0v) is 11.2. The summed E-state index contributed by atoms with van der Waals surface area (Å²) in [5.74, 6) is -0.299. The summed E-state index contributed by atoms with van der Waals surface area (Å²) >= 11 is 0. The molecule has 0 spiro atoms. The zero-order chi connectivity index (χ0) is 7.56. The molecule has 1 aromatic carbocycles. The van der Waals surface area contributed by atoms with Crippen LogP contribution < -0.4 is 0 Å². The Morgan fingerprint density at radius 1 is 1.33 bits per heavy atom. The Balaban J connectivity index is 0. The number of hydrogen-bond acceptors (Lipinski definition) is 3. The number of phenols is 1. The van der Waals surface area contributed by atoms with Crippen LogP contribution in [0.1, 0.15) is 0 Å². The van der Waals surface area contributed by atoms with Gasteiger partial charge in [-0.25, -0.2) is 0 Å². The van der Waals surface area contributed by atoms with Gasteiger partial charge in [0.25, 0.3) is 0 Å². The Labute approximate surface area is 112 Å². The van der Waals surface area contributed by atoms with Gasteiger partial charge in [-0.3, -0.25) is 10.1 Å².